The van der Waals surface area contributed by atoms with Crippen molar-refractivity contribution in [2.24, 2.45) is 5.92 Å². The number of sulfonamides is 1. The molecule has 2 saturated heterocycles. The predicted molar refractivity (Wildman–Crippen MR) is 117 cm³/mol. The summed E-state index contributed by atoms with van der Waals surface area (Å²) in [5.74, 6) is 0.0876. The van der Waals surface area contributed by atoms with Gasteiger partial charge in [-0.2, -0.15) is 4.31 Å². The van der Waals surface area contributed by atoms with Crippen LogP contribution in [0.15, 0.2) is 39.8 Å². The highest BCUT2D eigenvalue weighted by molar-refractivity contribution is 7.89. The molecule has 0 N–H and O–H groups in total. The Balaban J connectivity index is 1.50. The summed E-state index contributed by atoms with van der Waals surface area (Å²) in [6.45, 7) is 4.64. The second-order valence-corrected chi connectivity index (χ2v) is 10.6. The molecule has 2 aliphatic rings. The van der Waals surface area contributed by atoms with E-state index in [4.69, 9.17) is 4.52 Å². The topological polar surface area (TPSA) is 83.7 Å². The Morgan fingerprint density at radius 3 is 2.58 bits per heavy atom. The number of carbonyl (C=O) groups excluding carboxylic acids is 1. The molecule has 0 aliphatic carbocycles. The molecule has 1 aromatic heterocycles. The Morgan fingerprint density at radius 1 is 1.10 bits per heavy atom. The number of carbonyl (C=O) groups is 1. The third-order valence-electron chi connectivity index (χ3n) is 6.52. The van der Waals surface area contributed by atoms with E-state index < -0.39 is 10.0 Å². The predicted octanol–water partition coefficient (Wildman–Crippen LogP) is 3.32. The highest BCUT2D eigenvalue weighted by Crippen LogP contribution is 2.30. The van der Waals surface area contributed by atoms with E-state index in [1.54, 1.807) is 13.8 Å². The highest BCUT2D eigenvalue weighted by Gasteiger charge is 2.39. The van der Waals surface area contributed by atoms with Gasteiger partial charge in [-0.15, -0.1) is 0 Å². The number of aryl methyl sites for hydroxylation is 2. The second-order valence-electron chi connectivity index (χ2n) is 8.73. The van der Waals surface area contributed by atoms with Gasteiger partial charge in [-0.25, -0.2) is 8.42 Å². The van der Waals surface area contributed by atoms with Gasteiger partial charge in [0.05, 0.1) is 5.92 Å². The molecular formula is C23H31N3O4S. The molecule has 0 saturated carbocycles. The molecular weight excluding hydrogens is 414 g/mol. The first-order valence-electron chi connectivity index (χ1n) is 11.2. The Morgan fingerprint density at radius 2 is 1.87 bits per heavy atom. The minimum absolute atomic E-state index is 0.0966. The van der Waals surface area contributed by atoms with E-state index in [1.807, 2.05) is 23.1 Å². The van der Waals surface area contributed by atoms with Crippen molar-refractivity contribution in [2.45, 2.75) is 63.3 Å². The minimum atomic E-state index is -3.73. The third-order valence-corrected chi connectivity index (χ3v) is 8.63. The maximum Gasteiger partial charge on any atom is 0.248 e. The average Bonchev–Trinajstić information content (AvgIpc) is 3.13. The summed E-state index contributed by atoms with van der Waals surface area (Å²) < 4.78 is 33.0. The molecule has 2 aliphatic heterocycles. The summed E-state index contributed by atoms with van der Waals surface area (Å²) >= 11 is 0. The summed E-state index contributed by atoms with van der Waals surface area (Å²) in [6.07, 6.45) is 5.37. The van der Waals surface area contributed by atoms with E-state index in [-0.39, 0.29) is 29.3 Å². The summed E-state index contributed by atoms with van der Waals surface area (Å²) in [5, 5.41) is 3.80. The number of hydrogen-bond acceptors (Lipinski definition) is 5. The summed E-state index contributed by atoms with van der Waals surface area (Å²) in [6, 6.07) is 10.5. The number of hydrogen-bond donors (Lipinski definition) is 0. The maximum absolute atomic E-state index is 13.5. The van der Waals surface area contributed by atoms with Gasteiger partial charge in [-0.3, -0.25) is 4.79 Å². The molecule has 0 unspecified atom stereocenters. The second kappa shape index (κ2) is 9.12. The number of benzene rings is 1. The van der Waals surface area contributed by atoms with Crippen molar-refractivity contribution in [3.8, 4) is 0 Å². The lowest BCUT2D eigenvalue weighted by molar-refractivity contribution is -0.140. The van der Waals surface area contributed by atoms with Crippen LogP contribution in [0.5, 0.6) is 0 Å². The van der Waals surface area contributed by atoms with Crippen molar-refractivity contribution in [3.05, 3.63) is 47.3 Å². The zero-order chi connectivity index (χ0) is 22.0. The van der Waals surface area contributed by atoms with Gasteiger partial charge in [0.2, 0.25) is 15.9 Å². The molecule has 8 heteroatoms. The molecule has 1 aromatic carbocycles. The Bertz CT molecular complexity index is 999. The van der Waals surface area contributed by atoms with E-state index in [0.717, 1.165) is 38.6 Å². The molecule has 0 spiro atoms. The van der Waals surface area contributed by atoms with Crippen LogP contribution in [-0.2, 0) is 21.2 Å². The van der Waals surface area contributed by atoms with E-state index in [2.05, 4.69) is 17.3 Å². The molecule has 4 rings (SSSR count). The van der Waals surface area contributed by atoms with Crippen LogP contribution in [0.3, 0.4) is 0 Å². The van der Waals surface area contributed by atoms with Gasteiger partial charge in [0.25, 0.3) is 0 Å². The number of nitrogens with zero attached hydrogens (tertiary/aromatic N) is 3. The Kier molecular flexibility index (Phi) is 6.48. The minimum Gasteiger partial charge on any atom is -0.360 e. The zero-order valence-corrected chi connectivity index (χ0v) is 19.1. The average molecular weight is 446 g/mol. The van der Waals surface area contributed by atoms with Crippen LogP contribution in [-0.4, -0.2) is 54.4 Å². The Labute approximate surface area is 184 Å². The molecule has 0 bridgehead atoms. The number of aromatic nitrogens is 1. The maximum atomic E-state index is 13.5. The molecule has 2 aromatic rings. The molecule has 3 heterocycles. The lowest BCUT2D eigenvalue weighted by Crippen LogP contribution is -2.51. The van der Waals surface area contributed by atoms with Gasteiger partial charge in [0.15, 0.2) is 5.76 Å². The first-order valence-corrected chi connectivity index (χ1v) is 12.6. The highest BCUT2D eigenvalue weighted by atomic mass is 32.2. The van der Waals surface area contributed by atoms with Crippen molar-refractivity contribution in [1.82, 2.24) is 14.4 Å². The molecule has 168 valence electrons. The van der Waals surface area contributed by atoms with Crippen LogP contribution in [0.4, 0.5) is 0 Å². The monoisotopic (exact) mass is 445 g/mol. The lowest BCUT2D eigenvalue weighted by Gasteiger charge is -2.40. The number of piperidine rings is 2. The van der Waals surface area contributed by atoms with E-state index in [9.17, 15) is 13.2 Å². The fourth-order valence-electron chi connectivity index (χ4n) is 4.96. The fourth-order valence-corrected chi connectivity index (χ4v) is 6.77. The van der Waals surface area contributed by atoms with Gasteiger partial charge in [0, 0.05) is 25.7 Å². The molecule has 2 atom stereocenters. The quantitative estimate of drug-likeness (QED) is 0.705. The van der Waals surface area contributed by atoms with Crippen molar-refractivity contribution in [2.75, 3.05) is 19.6 Å². The Hall–Kier alpha value is -2.19. The zero-order valence-electron chi connectivity index (χ0n) is 18.3. The number of amides is 1. The van der Waals surface area contributed by atoms with Crippen molar-refractivity contribution in [1.29, 1.82) is 0 Å². The van der Waals surface area contributed by atoms with E-state index in [1.165, 1.54) is 9.87 Å². The van der Waals surface area contributed by atoms with Crippen molar-refractivity contribution >= 4 is 15.9 Å². The first kappa shape index (κ1) is 22.0. The van der Waals surface area contributed by atoms with Crippen LogP contribution in [0.2, 0.25) is 0 Å². The van der Waals surface area contributed by atoms with Crippen LogP contribution >= 0.6 is 0 Å². The lowest BCUT2D eigenvalue weighted by atomic mass is 9.92. The number of likely N-dealkylation sites (tertiary alicyclic amines) is 1. The van der Waals surface area contributed by atoms with Crippen LogP contribution in [0.1, 0.15) is 49.1 Å². The largest absolute Gasteiger partial charge is 0.360 e. The first-order chi connectivity index (χ1) is 14.9. The number of rotatable bonds is 5. The normalized spacial score (nSPS) is 23.1. The van der Waals surface area contributed by atoms with Crippen molar-refractivity contribution < 1.29 is 17.7 Å². The van der Waals surface area contributed by atoms with Crippen LogP contribution in [0, 0.1) is 19.8 Å². The van der Waals surface area contributed by atoms with Gasteiger partial charge in [0.1, 0.15) is 10.6 Å². The van der Waals surface area contributed by atoms with Crippen LogP contribution < -0.4 is 0 Å². The summed E-state index contributed by atoms with van der Waals surface area (Å²) in [7, 11) is -3.73. The van der Waals surface area contributed by atoms with Gasteiger partial charge in [-0.1, -0.05) is 35.5 Å². The smallest absolute Gasteiger partial charge is 0.248 e. The third kappa shape index (κ3) is 4.55. The molecule has 31 heavy (non-hydrogen) atoms. The van der Waals surface area contributed by atoms with E-state index in [0.29, 0.717) is 24.4 Å². The van der Waals surface area contributed by atoms with Crippen LogP contribution in [0.25, 0.3) is 0 Å². The standard InChI is InChI=1S/C23H31N3O4S/c1-17-22(18(2)30-24-17)31(28,29)25-13-8-11-20(16-25)23(27)26-14-7-6-12-21(26)15-19-9-4-3-5-10-19/h3-5,9-10,20-21H,6-8,11-16H2,1-2H3/t20-,21-/m0/s1. The fraction of sp³-hybridized carbons (Fsp3) is 0.565. The van der Waals surface area contributed by atoms with E-state index >= 15 is 0 Å². The van der Waals surface area contributed by atoms with Gasteiger partial charge < -0.3 is 9.42 Å². The molecule has 1 amide bonds. The molecule has 2 fully saturated rings. The van der Waals surface area contributed by atoms with Crippen molar-refractivity contribution in [3.63, 3.8) is 0 Å². The van der Waals surface area contributed by atoms with Gasteiger partial charge in [-0.05, 0) is 57.9 Å². The summed E-state index contributed by atoms with van der Waals surface area (Å²) in [5.41, 5.74) is 1.60. The SMILES string of the molecule is Cc1noc(C)c1S(=O)(=O)N1CCC[C@H](C(=O)N2CCCC[C@H]2Cc2ccccc2)C1. The molecule has 0 radical (unpaired) electrons. The molecule has 7 nitrogen and oxygen atoms in total. The summed E-state index contributed by atoms with van der Waals surface area (Å²) in [4.78, 5) is 15.7. The van der Waals surface area contributed by atoms with Gasteiger partial charge >= 0.3 is 0 Å².